The summed E-state index contributed by atoms with van der Waals surface area (Å²) in [6.45, 7) is 8.07. The molecule has 1 atom stereocenters. The van der Waals surface area contributed by atoms with Gasteiger partial charge >= 0.3 is 12.0 Å². The number of likely N-dealkylation sites (N-methyl/N-ethyl adjacent to an activating group) is 1. The van der Waals surface area contributed by atoms with Crippen LogP contribution < -0.4 is 4.90 Å². The summed E-state index contributed by atoms with van der Waals surface area (Å²) in [4.78, 5) is 35.5. The van der Waals surface area contributed by atoms with Gasteiger partial charge in [-0.1, -0.05) is 37.9 Å². The summed E-state index contributed by atoms with van der Waals surface area (Å²) in [5.41, 5.74) is 2.35. The van der Waals surface area contributed by atoms with Crippen LogP contribution in [0.25, 0.3) is 0 Å². The molecule has 0 radical (unpaired) electrons. The van der Waals surface area contributed by atoms with E-state index in [1.54, 1.807) is 7.05 Å². The molecule has 3 heterocycles. The van der Waals surface area contributed by atoms with Crippen LogP contribution in [-0.2, 0) is 11.2 Å². The number of carbonyl (C=O) groups excluding carboxylic acids is 2. The number of anilines is 1. The lowest BCUT2D eigenvalue weighted by atomic mass is 10.1. The number of aliphatic imine (C=N–C) groups is 1. The number of nitrogens with zero attached hydrogens (tertiary/aromatic N) is 5. The van der Waals surface area contributed by atoms with Gasteiger partial charge in [-0.2, -0.15) is 0 Å². The molecule has 1 saturated heterocycles. The molecule has 4 rings (SSSR count). The highest BCUT2D eigenvalue weighted by atomic mass is 16.2. The Bertz CT molecular complexity index is 856. The number of hydrogen-bond donors (Lipinski definition) is 0. The van der Waals surface area contributed by atoms with Crippen LogP contribution in [0, 0.1) is 5.92 Å². The number of urea groups is 1. The number of amides is 3. The molecule has 3 aliphatic rings. The van der Waals surface area contributed by atoms with Crippen molar-refractivity contribution >= 4 is 29.4 Å². The van der Waals surface area contributed by atoms with Gasteiger partial charge in [0.1, 0.15) is 12.2 Å². The van der Waals surface area contributed by atoms with Gasteiger partial charge in [0.25, 0.3) is 5.91 Å². The zero-order valence-electron chi connectivity index (χ0n) is 16.3. The van der Waals surface area contributed by atoms with Crippen LogP contribution >= 0.6 is 0 Å². The molecule has 0 aromatic heterocycles. The van der Waals surface area contributed by atoms with Crippen LogP contribution in [-0.4, -0.2) is 70.8 Å². The van der Waals surface area contributed by atoms with Crippen LogP contribution in [0.4, 0.5) is 10.5 Å². The fraction of sp³-hybridized carbons (Fsp3) is 0.500. The van der Waals surface area contributed by atoms with Gasteiger partial charge in [0.2, 0.25) is 11.9 Å². The molecule has 0 N–H and O–H groups in total. The van der Waals surface area contributed by atoms with Gasteiger partial charge in [-0.3, -0.25) is 14.6 Å². The fourth-order valence-electron chi connectivity index (χ4n) is 3.95. The lowest BCUT2D eigenvalue weighted by Gasteiger charge is -2.34. The summed E-state index contributed by atoms with van der Waals surface area (Å²) in [6.07, 6.45) is 1.00. The first-order valence-corrected chi connectivity index (χ1v) is 9.60. The molecule has 0 bridgehead atoms. The molecule has 142 valence electrons. The van der Waals surface area contributed by atoms with Crippen molar-refractivity contribution in [2.24, 2.45) is 10.9 Å². The average Bonchev–Trinajstić information content (AvgIpc) is 3.22. The van der Waals surface area contributed by atoms with Gasteiger partial charge in [0.15, 0.2) is 0 Å². The third-order valence-electron chi connectivity index (χ3n) is 5.40. The smallest absolute Gasteiger partial charge is 0.270 e. The predicted octanol–water partition coefficient (Wildman–Crippen LogP) is 1.77. The highest BCUT2D eigenvalue weighted by Gasteiger charge is 2.55. The van der Waals surface area contributed by atoms with Crippen LogP contribution in [0.2, 0.25) is 0 Å². The molecule has 27 heavy (non-hydrogen) atoms. The van der Waals surface area contributed by atoms with Crippen molar-refractivity contribution in [1.29, 1.82) is 0 Å². The van der Waals surface area contributed by atoms with E-state index in [0.29, 0.717) is 18.9 Å². The number of rotatable bonds is 4. The summed E-state index contributed by atoms with van der Waals surface area (Å²) in [5.74, 6) is 1.36. The first kappa shape index (κ1) is 17.7. The largest absolute Gasteiger partial charge is 0.397 e. The molecule has 0 spiro atoms. The highest BCUT2D eigenvalue weighted by molar-refractivity contribution is 6.24. The van der Waals surface area contributed by atoms with Gasteiger partial charge in [-0.15, -0.1) is 0 Å². The van der Waals surface area contributed by atoms with Crippen molar-refractivity contribution in [2.45, 2.75) is 33.2 Å². The molecule has 7 heteroatoms. The SMILES string of the molecule is CCc1ccc(N2CC[N+]3=C2N=C2C3C(=O)N(CC(C)C)C(=O)N2C)cc1. The minimum absolute atomic E-state index is 0.163. The molecule has 1 unspecified atom stereocenters. The number of guanidine groups is 1. The molecule has 3 aliphatic heterocycles. The van der Waals surface area contributed by atoms with E-state index >= 15 is 0 Å². The standard InChI is InChI=1S/C20H26N5O2/c1-5-14-6-8-15(9-7-14)23-10-11-24-16-17(21-19(23)24)22(4)20(27)25(18(16)26)12-13(2)3/h6-9,13,16H,5,10-12H2,1-4H3/q+1. The van der Waals surface area contributed by atoms with Crippen molar-refractivity contribution in [3.05, 3.63) is 29.8 Å². The third kappa shape index (κ3) is 2.72. The van der Waals surface area contributed by atoms with Gasteiger partial charge in [0.05, 0.1) is 6.54 Å². The topological polar surface area (TPSA) is 59.2 Å². The molecule has 1 aromatic rings. The Labute approximate surface area is 159 Å². The van der Waals surface area contributed by atoms with Gasteiger partial charge in [-0.25, -0.2) is 14.3 Å². The normalized spacial score (nSPS) is 22.0. The maximum Gasteiger partial charge on any atom is 0.397 e. The molecule has 0 aliphatic carbocycles. The highest BCUT2D eigenvalue weighted by Crippen LogP contribution is 2.27. The van der Waals surface area contributed by atoms with E-state index in [0.717, 1.165) is 24.6 Å². The minimum atomic E-state index is -0.499. The molecule has 1 aromatic carbocycles. The van der Waals surface area contributed by atoms with Crippen molar-refractivity contribution in [1.82, 2.24) is 9.80 Å². The van der Waals surface area contributed by atoms with Crippen molar-refractivity contribution in [3.8, 4) is 0 Å². The van der Waals surface area contributed by atoms with E-state index in [2.05, 4.69) is 36.1 Å². The average molecular weight is 368 g/mol. The lowest BCUT2D eigenvalue weighted by molar-refractivity contribution is -0.525. The second-order valence-corrected chi connectivity index (χ2v) is 7.72. The molecule has 0 saturated carbocycles. The van der Waals surface area contributed by atoms with Crippen molar-refractivity contribution in [2.75, 3.05) is 31.6 Å². The number of carbonyl (C=O) groups is 2. The van der Waals surface area contributed by atoms with Crippen molar-refractivity contribution in [3.63, 3.8) is 0 Å². The number of fused-ring (bicyclic) bond motifs is 2. The van der Waals surface area contributed by atoms with E-state index in [-0.39, 0.29) is 17.9 Å². The first-order chi connectivity index (χ1) is 12.9. The Hall–Kier alpha value is -2.70. The second kappa shape index (κ2) is 6.48. The molecular formula is C20H26N5O2+. The first-order valence-electron chi connectivity index (χ1n) is 9.60. The monoisotopic (exact) mass is 368 g/mol. The maximum absolute atomic E-state index is 13.1. The Morgan fingerprint density at radius 2 is 1.93 bits per heavy atom. The van der Waals surface area contributed by atoms with Crippen LogP contribution in [0.5, 0.6) is 0 Å². The molecule has 3 amide bonds. The third-order valence-corrected chi connectivity index (χ3v) is 5.40. The summed E-state index contributed by atoms with van der Waals surface area (Å²) >= 11 is 0. The summed E-state index contributed by atoms with van der Waals surface area (Å²) in [6, 6.07) is 7.65. The fourth-order valence-corrected chi connectivity index (χ4v) is 3.95. The van der Waals surface area contributed by atoms with Gasteiger partial charge in [-0.05, 0) is 30.0 Å². The number of imide groups is 1. The Morgan fingerprint density at radius 3 is 2.56 bits per heavy atom. The lowest BCUT2D eigenvalue weighted by Crippen LogP contribution is -2.63. The number of benzene rings is 1. The Morgan fingerprint density at radius 1 is 1.22 bits per heavy atom. The summed E-state index contributed by atoms with van der Waals surface area (Å²) < 4.78 is 2.03. The summed E-state index contributed by atoms with van der Waals surface area (Å²) in [5, 5.41) is 0. The van der Waals surface area contributed by atoms with E-state index in [1.165, 1.54) is 15.4 Å². The number of amidine groups is 1. The minimum Gasteiger partial charge on any atom is -0.270 e. The van der Waals surface area contributed by atoms with Crippen molar-refractivity contribution < 1.29 is 14.2 Å². The maximum atomic E-state index is 13.1. The summed E-state index contributed by atoms with van der Waals surface area (Å²) in [7, 11) is 1.71. The second-order valence-electron chi connectivity index (χ2n) is 7.72. The Kier molecular flexibility index (Phi) is 4.25. The van der Waals surface area contributed by atoms with E-state index in [9.17, 15) is 9.59 Å². The Balaban J connectivity index is 1.68. The van der Waals surface area contributed by atoms with E-state index < -0.39 is 6.04 Å². The van der Waals surface area contributed by atoms with E-state index in [1.807, 2.05) is 18.4 Å². The predicted molar refractivity (Wildman–Crippen MR) is 104 cm³/mol. The molecular weight excluding hydrogens is 342 g/mol. The van der Waals surface area contributed by atoms with Gasteiger partial charge in [0, 0.05) is 13.6 Å². The van der Waals surface area contributed by atoms with E-state index in [4.69, 9.17) is 4.99 Å². The van der Waals surface area contributed by atoms with Crippen LogP contribution in [0.15, 0.2) is 29.3 Å². The zero-order valence-corrected chi connectivity index (χ0v) is 16.3. The zero-order chi connectivity index (χ0) is 19.3. The molecule has 7 nitrogen and oxygen atoms in total. The quantitative estimate of drug-likeness (QED) is 0.761. The number of hydrogen-bond acceptors (Lipinski definition) is 4. The van der Waals surface area contributed by atoms with Gasteiger partial charge < -0.3 is 0 Å². The van der Waals surface area contributed by atoms with Crippen LogP contribution in [0.3, 0.4) is 0 Å². The number of aryl methyl sites for hydroxylation is 1. The molecule has 1 fully saturated rings. The van der Waals surface area contributed by atoms with Crippen LogP contribution in [0.1, 0.15) is 26.3 Å².